The Balaban J connectivity index is 3.10. The van der Waals surface area contributed by atoms with Crippen LogP contribution >= 0.6 is 0 Å². The zero-order valence-corrected chi connectivity index (χ0v) is 9.09. The number of hydrogen-bond acceptors (Lipinski definition) is 2. The summed E-state index contributed by atoms with van der Waals surface area (Å²) in [6.45, 7) is 4.82. The first-order valence-electron chi connectivity index (χ1n) is 4.83. The van der Waals surface area contributed by atoms with Crippen molar-refractivity contribution in [2.24, 2.45) is 5.73 Å². The molecule has 0 saturated carbocycles. The lowest BCUT2D eigenvalue weighted by molar-refractivity contribution is 1.04. The highest BCUT2D eigenvalue weighted by atomic mass is 14.8. The van der Waals surface area contributed by atoms with Crippen LogP contribution in [0.1, 0.15) is 22.3 Å². The van der Waals surface area contributed by atoms with Crippen LogP contribution in [-0.2, 0) is 6.54 Å². The normalized spacial score (nSPS) is 10.9. The van der Waals surface area contributed by atoms with Crippen LogP contribution in [0.4, 0.5) is 0 Å². The molecule has 1 aromatic rings. The van der Waals surface area contributed by atoms with Crippen LogP contribution in [0.5, 0.6) is 0 Å². The van der Waals surface area contributed by atoms with Crippen LogP contribution in [-0.4, -0.2) is 7.05 Å². The van der Waals surface area contributed by atoms with E-state index in [1.54, 1.807) is 0 Å². The van der Waals surface area contributed by atoms with Gasteiger partial charge in [0.2, 0.25) is 0 Å². The molecule has 0 bridgehead atoms. The smallest absolute Gasteiger partial charge is 0.0180 e. The molecule has 0 aliphatic rings. The molecule has 0 saturated heterocycles. The van der Waals surface area contributed by atoms with Gasteiger partial charge in [-0.2, -0.15) is 0 Å². The number of nitrogens with one attached hydrogen (secondary N) is 1. The van der Waals surface area contributed by atoms with Gasteiger partial charge in [0.25, 0.3) is 0 Å². The lowest BCUT2D eigenvalue weighted by atomic mass is 10.00. The standard InChI is InChI=1S/C12H18N2/c1-9-6-10(2)12(8-13)7-11(9)4-5-14-3/h4-7,14H,8,13H2,1-3H3/b5-4-. The second-order valence-corrected chi connectivity index (χ2v) is 3.46. The van der Waals surface area contributed by atoms with Crippen molar-refractivity contribution in [3.63, 3.8) is 0 Å². The minimum absolute atomic E-state index is 0.604. The van der Waals surface area contributed by atoms with E-state index in [9.17, 15) is 0 Å². The second-order valence-electron chi connectivity index (χ2n) is 3.46. The molecule has 3 N–H and O–H groups in total. The minimum Gasteiger partial charge on any atom is -0.394 e. The summed E-state index contributed by atoms with van der Waals surface area (Å²) in [5.41, 5.74) is 10.7. The van der Waals surface area contributed by atoms with E-state index in [4.69, 9.17) is 5.73 Å². The Morgan fingerprint density at radius 1 is 1.29 bits per heavy atom. The van der Waals surface area contributed by atoms with Crippen molar-refractivity contribution in [3.05, 3.63) is 40.6 Å². The molecule has 2 heteroatoms. The lowest BCUT2D eigenvalue weighted by Crippen LogP contribution is -2.01. The molecule has 0 heterocycles. The van der Waals surface area contributed by atoms with E-state index in [0.717, 1.165) is 0 Å². The number of rotatable bonds is 3. The summed E-state index contributed by atoms with van der Waals surface area (Å²) in [7, 11) is 1.89. The van der Waals surface area contributed by atoms with Crippen LogP contribution in [0.2, 0.25) is 0 Å². The van der Waals surface area contributed by atoms with Crippen molar-refractivity contribution >= 4 is 6.08 Å². The Bertz CT molecular complexity index is 340. The van der Waals surface area contributed by atoms with Crippen LogP contribution in [0.25, 0.3) is 6.08 Å². The number of hydrogen-bond donors (Lipinski definition) is 2. The number of benzene rings is 1. The van der Waals surface area contributed by atoms with Gasteiger partial charge in [0.1, 0.15) is 0 Å². The Hall–Kier alpha value is -1.28. The monoisotopic (exact) mass is 190 g/mol. The zero-order valence-electron chi connectivity index (χ0n) is 9.09. The van der Waals surface area contributed by atoms with Crippen molar-refractivity contribution < 1.29 is 0 Å². The van der Waals surface area contributed by atoms with Crippen LogP contribution < -0.4 is 11.1 Å². The third kappa shape index (κ3) is 2.36. The Kier molecular flexibility index (Phi) is 3.72. The van der Waals surface area contributed by atoms with Crippen molar-refractivity contribution in [3.8, 4) is 0 Å². The van der Waals surface area contributed by atoms with Crippen molar-refractivity contribution in [1.82, 2.24) is 5.32 Å². The van der Waals surface area contributed by atoms with Crippen molar-refractivity contribution in [1.29, 1.82) is 0 Å². The van der Waals surface area contributed by atoms with Crippen LogP contribution in [0.3, 0.4) is 0 Å². The fourth-order valence-corrected chi connectivity index (χ4v) is 1.49. The highest BCUT2D eigenvalue weighted by Gasteiger charge is 2.00. The highest BCUT2D eigenvalue weighted by molar-refractivity contribution is 5.55. The second kappa shape index (κ2) is 4.82. The van der Waals surface area contributed by atoms with Gasteiger partial charge < -0.3 is 11.1 Å². The third-order valence-corrected chi connectivity index (χ3v) is 2.37. The van der Waals surface area contributed by atoms with Gasteiger partial charge in [0, 0.05) is 13.6 Å². The quantitative estimate of drug-likeness (QED) is 0.764. The first kappa shape index (κ1) is 10.8. The van der Waals surface area contributed by atoms with Crippen molar-refractivity contribution in [2.75, 3.05) is 7.05 Å². The molecule has 0 radical (unpaired) electrons. The topological polar surface area (TPSA) is 38.0 Å². The summed E-state index contributed by atoms with van der Waals surface area (Å²) < 4.78 is 0. The molecule has 76 valence electrons. The van der Waals surface area contributed by atoms with E-state index in [2.05, 4.69) is 37.4 Å². The minimum atomic E-state index is 0.604. The third-order valence-electron chi connectivity index (χ3n) is 2.37. The molecule has 0 aliphatic heterocycles. The van der Waals surface area contributed by atoms with Crippen molar-refractivity contribution in [2.45, 2.75) is 20.4 Å². The van der Waals surface area contributed by atoms with Gasteiger partial charge >= 0.3 is 0 Å². The van der Waals surface area contributed by atoms with E-state index >= 15 is 0 Å². The summed E-state index contributed by atoms with van der Waals surface area (Å²) >= 11 is 0. The predicted molar refractivity (Wildman–Crippen MR) is 61.9 cm³/mol. The molecular weight excluding hydrogens is 172 g/mol. The average molecular weight is 190 g/mol. The van der Waals surface area contributed by atoms with E-state index < -0.39 is 0 Å². The average Bonchev–Trinajstić information content (AvgIpc) is 2.17. The Morgan fingerprint density at radius 2 is 2.00 bits per heavy atom. The number of nitrogens with two attached hydrogens (primary N) is 1. The molecular formula is C12H18N2. The molecule has 0 unspecified atom stereocenters. The van der Waals surface area contributed by atoms with Gasteiger partial charge in [-0.25, -0.2) is 0 Å². The van der Waals surface area contributed by atoms with Gasteiger partial charge in [-0.1, -0.05) is 6.07 Å². The maximum absolute atomic E-state index is 5.66. The molecule has 2 nitrogen and oxygen atoms in total. The molecule has 0 atom stereocenters. The van der Waals surface area contributed by atoms with E-state index in [0.29, 0.717) is 6.54 Å². The van der Waals surface area contributed by atoms with Gasteiger partial charge in [-0.3, -0.25) is 0 Å². The molecule has 14 heavy (non-hydrogen) atoms. The Morgan fingerprint density at radius 3 is 2.57 bits per heavy atom. The molecule has 1 aromatic carbocycles. The first-order valence-corrected chi connectivity index (χ1v) is 4.83. The van der Waals surface area contributed by atoms with E-state index in [1.165, 1.54) is 22.3 Å². The number of aryl methyl sites for hydroxylation is 2. The zero-order chi connectivity index (χ0) is 10.6. The van der Waals surface area contributed by atoms with E-state index in [1.807, 2.05) is 13.2 Å². The maximum Gasteiger partial charge on any atom is 0.0180 e. The van der Waals surface area contributed by atoms with E-state index in [-0.39, 0.29) is 0 Å². The first-order chi connectivity index (χ1) is 6.69. The summed E-state index contributed by atoms with van der Waals surface area (Å²) in [6.07, 6.45) is 3.99. The summed E-state index contributed by atoms with van der Waals surface area (Å²) in [4.78, 5) is 0. The fraction of sp³-hybridized carbons (Fsp3) is 0.333. The molecule has 0 amide bonds. The summed E-state index contributed by atoms with van der Waals surface area (Å²) in [5.74, 6) is 0. The lowest BCUT2D eigenvalue weighted by Gasteiger charge is -2.07. The van der Waals surface area contributed by atoms with Crippen LogP contribution in [0.15, 0.2) is 18.3 Å². The molecule has 0 aliphatic carbocycles. The van der Waals surface area contributed by atoms with Gasteiger partial charge in [0.05, 0.1) is 0 Å². The summed E-state index contributed by atoms with van der Waals surface area (Å²) in [6, 6.07) is 4.33. The molecule has 0 spiro atoms. The largest absolute Gasteiger partial charge is 0.394 e. The highest BCUT2D eigenvalue weighted by Crippen LogP contribution is 2.16. The fourth-order valence-electron chi connectivity index (χ4n) is 1.49. The summed E-state index contributed by atoms with van der Waals surface area (Å²) in [5, 5.41) is 2.98. The van der Waals surface area contributed by atoms with Gasteiger partial charge in [-0.15, -0.1) is 0 Å². The maximum atomic E-state index is 5.66. The van der Waals surface area contributed by atoms with Gasteiger partial charge in [-0.05, 0) is 54.4 Å². The van der Waals surface area contributed by atoms with Gasteiger partial charge in [0.15, 0.2) is 0 Å². The molecule has 0 fully saturated rings. The SMILES string of the molecule is CN/C=C\c1cc(CN)c(C)cc1C. The van der Waals surface area contributed by atoms with Crippen LogP contribution in [0, 0.1) is 13.8 Å². The molecule has 1 rings (SSSR count). The Labute approximate surface area is 85.8 Å². The molecule has 0 aromatic heterocycles. The predicted octanol–water partition coefficient (Wildman–Crippen LogP) is 1.95.